The van der Waals surface area contributed by atoms with Crippen molar-refractivity contribution in [3.63, 3.8) is 0 Å². The van der Waals surface area contributed by atoms with E-state index in [1.807, 2.05) is 24.4 Å². The number of unbranched alkanes of at least 4 members (excludes halogenated alkanes) is 1. The third kappa shape index (κ3) is 6.28. The zero-order valence-electron chi connectivity index (χ0n) is 18.1. The molecule has 1 aromatic heterocycles. The van der Waals surface area contributed by atoms with Gasteiger partial charge in [-0.3, -0.25) is 9.78 Å². The van der Waals surface area contributed by atoms with Crippen LogP contribution in [0.1, 0.15) is 61.0 Å². The quantitative estimate of drug-likeness (QED) is 0.438. The van der Waals surface area contributed by atoms with E-state index in [-0.39, 0.29) is 11.9 Å². The van der Waals surface area contributed by atoms with E-state index < -0.39 is 0 Å². The summed E-state index contributed by atoms with van der Waals surface area (Å²) in [5, 5.41) is 3.17. The lowest BCUT2D eigenvalue weighted by Crippen LogP contribution is -2.32. The maximum absolute atomic E-state index is 12.9. The van der Waals surface area contributed by atoms with Crippen molar-refractivity contribution in [2.45, 2.75) is 58.4 Å². The van der Waals surface area contributed by atoms with Gasteiger partial charge >= 0.3 is 0 Å². The van der Waals surface area contributed by atoms with Crippen molar-refractivity contribution in [2.75, 3.05) is 0 Å². The molecular weight excluding hydrogens is 368 g/mol. The second-order valence-electron chi connectivity index (χ2n) is 7.97. The normalized spacial score (nSPS) is 11.8. The Labute approximate surface area is 180 Å². The SMILES string of the molecule is CCCCc1ccc(C(=O)NC(C)CCCc2cccnc2)cc1-c1ccccc1. The molecule has 0 spiro atoms. The van der Waals surface area contributed by atoms with Crippen molar-refractivity contribution >= 4 is 5.91 Å². The van der Waals surface area contributed by atoms with Crippen molar-refractivity contribution in [1.29, 1.82) is 0 Å². The fraction of sp³-hybridized carbons (Fsp3) is 0.333. The van der Waals surface area contributed by atoms with E-state index in [9.17, 15) is 4.79 Å². The topological polar surface area (TPSA) is 42.0 Å². The first-order chi connectivity index (χ1) is 14.7. The van der Waals surface area contributed by atoms with Gasteiger partial charge in [0.05, 0.1) is 0 Å². The van der Waals surface area contributed by atoms with Crippen LogP contribution in [-0.4, -0.2) is 16.9 Å². The van der Waals surface area contributed by atoms with Gasteiger partial charge in [-0.05, 0) is 79.5 Å². The summed E-state index contributed by atoms with van der Waals surface area (Å²) in [4.78, 5) is 17.0. The molecule has 2 aromatic carbocycles. The third-order valence-corrected chi connectivity index (χ3v) is 5.46. The summed E-state index contributed by atoms with van der Waals surface area (Å²) in [6.45, 7) is 4.29. The maximum atomic E-state index is 12.9. The first kappa shape index (κ1) is 21.8. The average Bonchev–Trinajstić information content (AvgIpc) is 2.79. The zero-order valence-corrected chi connectivity index (χ0v) is 18.1. The van der Waals surface area contributed by atoms with Crippen LogP contribution in [0.2, 0.25) is 0 Å². The first-order valence-electron chi connectivity index (χ1n) is 11.1. The van der Waals surface area contributed by atoms with Crippen LogP contribution in [0.25, 0.3) is 11.1 Å². The molecule has 1 atom stereocenters. The summed E-state index contributed by atoms with van der Waals surface area (Å²) in [5.74, 6) is 0.00287. The molecule has 1 N–H and O–H groups in total. The van der Waals surface area contributed by atoms with Gasteiger partial charge in [0.15, 0.2) is 0 Å². The minimum atomic E-state index is 0.00287. The van der Waals surface area contributed by atoms with Gasteiger partial charge in [-0.25, -0.2) is 0 Å². The van der Waals surface area contributed by atoms with Crippen molar-refractivity contribution in [2.24, 2.45) is 0 Å². The number of hydrogen-bond donors (Lipinski definition) is 1. The largest absolute Gasteiger partial charge is 0.350 e. The van der Waals surface area contributed by atoms with Crippen molar-refractivity contribution in [3.05, 3.63) is 89.7 Å². The molecule has 0 saturated carbocycles. The highest BCUT2D eigenvalue weighted by molar-refractivity contribution is 5.96. The minimum Gasteiger partial charge on any atom is -0.350 e. The van der Waals surface area contributed by atoms with Gasteiger partial charge in [0.2, 0.25) is 0 Å². The Morgan fingerprint density at radius 1 is 1.00 bits per heavy atom. The lowest BCUT2D eigenvalue weighted by molar-refractivity contribution is 0.0938. The first-order valence-corrected chi connectivity index (χ1v) is 11.1. The predicted molar refractivity (Wildman–Crippen MR) is 125 cm³/mol. The van der Waals surface area contributed by atoms with E-state index in [0.717, 1.165) is 44.1 Å². The Bertz CT molecular complexity index is 922. The van der Waals surface area contributed by atoms with Crippen molar-refractivity contribution < 1.29 is 4.79 Å². The van der Waals surface area contributed by atoms with Crippen LogP contribution in [0.4, 0.5) is 0 Å². The van der Waals surface area contributed by atoms with Crippen LogP contribution in [0, 0.1) is 0 Å². The number of nitrogens with zero attached hydrogens (tertiary/aromatic N) is 1. The van der Waals surface area contributed by atoms with Crippen LogP contribution in [0.5, 0.6) is 0 Å². The number of pyridine rings is 1. The summed E-state index contributed by atoms with van der Waals surface area (Å²) in [7, 11) is 0. The second-order valence-corrected chi connectivity index (χ2v) is 7.97. The summed E-state index contributed by atoms with van der Waals surface area (Å²) in [6, 6.07) is 20.7. The van der Waals surface area contributed by atoms with Gasteiger partial charge in [0, 0.05) is 24.0 Å². The number of benzene rings is 2. The molecule has 0 radical (unpaired) electrons. The number of carbonyl (C=O) groups excluding carboxylic acids is 1. The molecule has 3 heteroatoms. The smallest absolute Gasteiger partial charge is 0.251 e. The minimum absolute atomic E-state index is 0.00287. The standard InChI is InChI=1S/C27H32N2O/c1-3-4-13-24-16-17-25(19-26(24)23-14-6-5-7-15-23)27(30)29-21(2)10-8-11-22-12-9-18-28-20-22/h5-7,9,12,14-21H,3-4,8,10-11,13H2,1-2H3,(H,29,30). The van der Waals surface area contributed by atoms with Crippen molar-refractivity contribution in [1.82, 2.24) is 10.3 Å². The van der Waals surface area contributed by atoms with Crippen LogP contribution < -0.4 is 5.32 Å². The molecule has 0 aliphatic rings. The van der Waals surface area contributed by atoms with Gasteiger partial charge in [-0.2, -0.15) is 0 Å². The van der Waals surface area contributed by atoms with E-state index in [2.05, 4.69) is 66.6 Å². The molecule has 1 unspecified atom stereocenters. The van der Waals surface area contributed by atoms with Gasteiger partial charge in [0.25, 0.3) is 5.91 Å². The third-order valence-electron chi connectivity index (χ3n) is 5.46. The molecule has 0 aliphatic carbocycles. The van der Waals surface area contributed by atoms with E-state index in [0.29, 0.717) is 0 Å². The van der Waals surface area contributed by atoms with Gasteiger partial charge < -0.3 is 5.32 Å². The van der Waals surface area contributed by atoms with E-state index in [1.165, 1.54) is 22.3 Å². The van der Waals surface area contributed by atoms with E-state index in [1.54, 1.807) is 6.20 Å². The summed E-state index contributed by atoms with van der Waals surface area (Å²) in [6.07, 6.45) is 10.0. The van der Waals surface area contributed by atoms with Gasteiger partial charge in [-0.1, -0.05) is 55.8 Å². The monoisotopic (exact) mass is 400 g/mol. The van der Waals surface area contributed by atoms with E-state index >= 15 is 0 Å². The Morgan fingerprint density at radius 3 is 2.57 bits per heavy atom. The molecule has 0 saturated heterocycles. The van der Waals surface area contributed by atoms with Gasteiger partial charge in [-0.15, -0.1) is 0 Å². The number of rotatable bonds is 10. The van der Waals surface area contributed by atoms with Crippen LogP contribution >= 0.6 is 0 Å². The molecule has 0 fully saturated rings. The predicted octanol–water partition coefficient (Wildman–Crippen LogP) is 6.23. The Hall–Kier alpha value is -2.94. The molecule has 0 aliphatic heterocycles. The average molecular weight is 401 g/mol. The zero-order chi connectivity index (χ0) is 21.2. The number of hydrogen-bond acceptors (Lipinski definition) is 2. The Morgan fingerprint density at radius 2 is 1.83 bits per heavy atom. The van der Waals surface area contributed by atoms with Crippen LogP contribution in [-0.2, 0) is 12.8 Å². The highest BCUT2D eigenvalue weighted by atomic mass is 16.1. The number of aromatic nitrogens is 1. The molecule has 3 nitrogen and oxygen atoms in total. The number of carbonyl (C=O) groups is 1. The number of nitrogens with one attached hydrogen (secondary N) is 1. The molecule has 1 heterocycles. The fourth-order valence-corrected chi connectivity index (χ4v) is 3.73. The van der Waals surface area contributed by atoms with Gasteiger partial charge in [0.1, 0.15) is 0 Å². The van der Waals surface area contributed by atoms with Crippen molar-refractivity contribution in [3.8, 4) is 11.1 Å². The maximum Gasteiger partial charge on any atom is 0.251 e. The second kappa shape index (κ2) is 11.3. The molecule has 156 valence electrons. The highest BCUT2D eigenvalue weighted by Gasteiger charge is 2.13. The highest BCUT2D eigenvalue weighted by Crippen LogP contribution is 2.26. The number of amides is 1. The molecule has 30 heavy (non-hydrogen) atoms. The molecule has 1 amide bonds. The number of aryl methyl sites for hydroxylation is 2. The fourth-order valence-electron chi connectivity index (χ4n) is 3.73. The summed E-state index contributed by atoms with van der Waals surface area (Å²) >= 11 is 0. The summed E-state index contributed by atoms with van der Waals surface area (Å²) < 4.78 is 0. The summed E-state index contributed by atoms with van der Waals surface area (Å²) in [5.41, 5.74) is 5.62. The van der Waals surface area contributed by atoms with Crippen LogP contribution in [0.15, 0.2) is 73.1 Å². The van der Waals surface area contributed by atoms with E-state index in [4.69, 9.17) is 0 Å². The molecule has 0 bridgehead atoms. The lowest BCUT2D eigenvalue weighted by Gasteiger charge is -2.16. The Kier molecular flexibility index (Phi) is 8.20. The Balaban J connectivity index is 1.64. The molecular formula is C27H32N2O. The lowest BCUT2D eigenvalue weighted by atomic mass is 9.94. The molecule has 3 rings (SSSR count). The van der Waals surface area contributed by atoms with Crippen LogP contribution in [0.3, 0.4) is 0 Å². The molecule has 3 aromatic rings.